The van der Waals surface area contributed by atoms with Crippen molar-refractivity contribution in [2.24, 2.45) is 5.92 Å². The molecule has 7 nitrogen and oxygen atoms in total. The van der Waals surface area contributed by atoms with Crippen LogP contribution < -0.4 is 5.32 Å². The zero-order chi connectivity index (χ0) is 21.2. The van der Waals surface area contributed by atoms with Crippen molar-refractivity contribution in [2.75, 3.05) is 11.6 Å². The lowest BCUT2D eigenvalue weighted by Gasteiger charge is -2.09. The SMILES string of the molecule is CS(=O)(=O)c1ccc(-n2nc(C(=O)Nc3ccc(F)cn3)c3c2[C@@H]2C[C@@H]2C3)c(F)c1. The Morgan fingerprint density at radius 1 is 1.23 bits per heavy atom. The minimum Gasteiger partial charge on any atom is -0.305 e. The van der Waals surface area contributed by atoms with Crippen LogP contribution in [0.3, 0.4) is 0 Å². The van der Waals surface area contributed by atoms with Gasteiger partial charge in [-0.1, -0.05) is 0 Å². The molecule has 2 atom stereocenters. The number of carbonyl (C=O) groups is 1. The van der Waals surface area contributed by atoms with Crippen LogP contribution in [0.25, 0.3) is 5.69 Å². The Morgan fingerprint density at radius 3 is 2.70 bits per heavy atom. The molecular weight excluding hydrogens is 414 g/mol. The lowest BCUT2D eigenvalue weighted by atomic mass is 10.1. The van der Waals surface area contributed by atoms with Crippen LogP contribution in [-0.4, -0.2) is 35.3 Å². The van der Waals surface area contributed by atoms with Gasteiger partial charge in [0.25, 0.3) is 5.91 Å². The lowest BCUT2D eigenvalue weighted by molar-refractivity contribution is 0.102. The predicted molar refractivity (Wildman–Crippen MR) is 103 cm³/mol. The van der Waals surface area contributed by atoms with Gasteiger partial charge < -0.3 is 5.32 Å². The number of anilines is 1. The minimum absolute atomic E-state index is 0.0881. The van der Waals surface area contributed by atoms with Crippen LogP contribution in [0.15, 0.2) is 41.4 Å². The third-order valence-corrected chi connectivity index (χ3v) is 6.63. The van der Waals surface area contributed by atoms with E-state index in [0.29, 0.717) is 12.3 Å². The van der Waals surface area contributed by atoms with E-state index in [1.165, 1.54) is 28.9 Å². The predicted octanol–water partition coefficient (Wildman–Crippen LogP) is 2.86. The number of sulfone groups is 1. The zero-order valence-electron chi connectivity index (χ0n) is 15.8. The van der Waals surface area contributed by atoms with Crippen LogP contribution in [0, 0.1) is 17.6 Å². The van der Waals surface area contributed by atoms with Gasteiger partial charge in [-0.25, -0.2) is 26.9 Å². The molecule has 10 heteroatoms. The fourth-order valence-electron chi connectivity index (χ4n) is 4.00. The van der Waals surface area contributed by atoms with E-state index < -0.39 is 27.4 Å². The summed E-state index contributed by atoms with van der Waals surface area (Å²) >= 11 is 0. The van der Waals surface area contributed by atoms with Gasteiger partial charge in [-0.2, -0.15) is 5.10 Å². The van der Waals surface area contributed by atoms with Gasteiger partial charge in [0.2, 0.25) is 0 Å². The minimum atomic E-state index is -3.55. The molecule has 0 bridgehead atoms. The molecule has 5 rings (SSSR count). The number of benzene rings is 1. The summed E-state index contributed by atoms with van der Waals surface area (Å²) in [6, 6.07) is 6.16. The molecule has 1 fully saturated rings. The van der Waals surface area contributed by atoms with Gasteiger partial charge in [0.05, 0.1) is 16.8 Å². The molecule has 0 saturated heterocycles. The molecule has 0 radical (unpaired) electrons. The maximum absolute atomic E-state index is 14.8. The molecule has 0 aliphatic heterocycles. The molecule has 2 aromatic heterocycles. The molecule has 2 heterocycles. The van der Waals surface area contributed by atoms with Crippen molar-refractivity contribution in [2.45, 2.75) is 23.7 Å². The van der Waals surface area contributed by atoms with E-state index in [0.717, 1.165) is 36.2 Å². The average Bonchev–Trinajstić information content (AvgIpc) is 3.19. The quantitative estimate of drug-likeness (QED) is 0.687. The third-order valence-electron chi connectivity index (χ3n) is 5.52. The maximum Gasteiger partial charge on any atom is 0.277 e. The number of amides is 1. The van der Waals surface area contributed by atoms with Gasteiger partial charge in [0, 0.05) is 17.7 Å². The van der Waals surface area contributed by atoms with Crippen molar-refractivity contribution in [1.82, 2.24) is 14.8 Å². The van der Waals surface area contributed by atoms with Crippen LogP contribution in [0.5, 0.6) is 0 Å². The van der Waals surface area contributed by atoms with E-state index in [2.05, 4.69) is 15.4 Å². The van der Waals surface area contributed by atoms with Crippen LogP contribution in [0.4, 0.5) is 14.6 Å². The summed E-state index contributed by atoms with van der Waals surface area (Å²) in [5, 5.41) is 6.95. The van der Waals surface area contributed by atoms with Gasteiger partial charge >= 0.3 is 0 Å². The number of carbonyl (C=O) groups excluding carboxylic acids is 1. The van der Waals surface area contributed by atoms with Crippen molar-refractivity contribution in [3.05, 3.63) is 65.1 Å². The second kappa shape index (κ2) is 6.43. The van der Waals surface area contributed by atoms with E-state index in [4.69, 9.17) is 0 Å². The number of rotatable bonds is 4. The van der Waals surface area contributed by atoms with E-state index in [9.17, 15) is 22.0 Å². The van der Waals surface area contributed by atoms with E-state index >= 15 is 0 Å². The Hall–Kier alpha value is -3.14. The second-order valence-corrected chi connectivity index (χ2v) is 9.65. The monoisotopic (exact) mass is 430 g/mol. The highest BCUT2D eigenvalue weighted by molar-refractivity contribution is 7.90. The van der Waals surface area contributed by atoms with E-state index in [-0.39, 0.29) is 28.0 Å². The van der Waals surface area contributed by atoms with Crippen molar-refractivity contribution in [1.29, 1.82) is 0 Å². The van der Waals surface area contributed by atoms with Crippen molar-refractivity contribution in [3.8, 4) is 5.69 Å². The first kappa shape index (κ1) is 18.9. The van der Waals surface area contributed by atoms with Crippen LogP contribution >= 0.6 is 0 Å². The maximum atomic E-state index is 14.8. The Balaban J connectivity index is 1.55. The van der Waals surface area contributed by atoms with Crippen LogP contribution in [0.2, 0.25) is 0 Å². The van der Waals surface area contributed by atoms with Crippen molar-refractivity contribution >= 4 is 21.6 Å². The third kappa shape index (κ3) is 3.07. The number of nitrogens with one attached hydrogen (secondary N) is 1. The van der Waals surface area contributed by atoms with Gasteiger partial charge in [-0.15, -0.1) is 0 Å². The van der Waals surface area contributed by atoms with Gasteiger partial charge in [0.1, 0.15) is 23.1 Å². The smallest absolute Gasteiger partial charge is 0.277 e. The number of pyridine rings is 1. The van der Waals surface area contributed by atoms with Crippen LogP contribution in [-0.2, 0) is 16.3 Å². The van der Waals surface area contributed by atoms with E-state index in [1.807, 2.05) is 0 Å². The first-order chi connectivity index (χ1) is 14.2. The van der Waals surface area contributed by atoms with Gasteiger partial charge in [0.15, 0.2) is 15.5 Å². The fourth-order valence-corrected chi connectivity index (χ4v) is 4.63. The highest BCUT2D eigenvalue weighted by Gasteiger charge is 2.50. The zero-order valence-corrected chi connectivity index (χ0v) is 16.6. The first-order valence-electron chi connectivity index (χ1n) is 9.27. The number of hydrogen-bond donors (Lipinski definition) is 1. The topological polar surface area (TPSA) is 94.0 Å². The molecule has 1 amide bonds. The molecule has 154 valence electrons. The van der Waals surface area contributed by atoms with Crippen LogP contribution in [0.1, 0.15) is 34.1 Å². The summed E-state index contributed by atoms with van der Waals surface area (Å²) in [4.78, 5) is 16.5. The molecule has 30 heavy (non-hydrogen) atoms. The summed E-state index contributed by atoms with van der Waals surface area (Å²) in [6.07, 6.45) is 3.62. The molecule has 0 spiro atoms. The number of nitrogens with zero attached hydrogens (tertiary/aromatic N) is 3. The Bertz CT molecular complexity index is 1300. The molecular formula is C20H16F2N4O3S. The summed E-state index contributed by atoms with van der Waals surface area (Å²) in [7, 11) is -3.55. The fraction of sp³-hybridized carbons (Fsp3) is 0.250. The molecule has 1 aromatic carbocycles. The summed E-state index contributed by atoms with van der Waals surface area (Å²) < 4.78 is 52.6. The molecule has 0 unspecified atom stereocenters. The highest BCUT2D eigenvalue weighted by Crippen LogP contribution is 2.57. The van der Waals surface area contributed by atoms with Crippen molar-refractivity contribution < 1.29 is 22.0 Å². The second-order valence-electron chi connectivity index (χ2n) is 7.63. The van der Waals surface area contributed by atoms with E-state index in [1.54, 1.807) is 0 Å². The summed E-state index contributed by atoms with van der Waals surface area (Å²) in [5.74, 6) is -0.994. The number of hydrogen-bond acceptors (Lipinski definition) is 5. The normalized spacial score (nSPS) is 19.3. The van der Waals surface area contributed by atoms with Gasteiger partial charge in [-0.05, 0) is 49.1 Å². The lowest BCUT2D eigenvalue weighted by Crippen LogP contribution is -2.16. The largest absolute Gasteiger partial charge is 0.305 e. The van der Waals surface area contributed by atoms with Crippen molar-refractivity contribution in [3.63, 3.8) is 0 Å². The average molecular weight is 430 g/mol. The molecule has 2 aliphatic carbocycles. The molecule has 1 N–H and O–H groups in total. The molecule has 2 aliphatic rings. The standard InChI is InChI=1S/C20H16F2N4O3S/c1-30(28,29)12-3-4-16(15(22)8-12)26-19-13-6-10(13)7-14(19)18(25-26)20(27)24-17-5-2-11(21)9-23-17/h2-5,8-10,13H,6-7H2,1H3,(H,23,24,27)/t10-,13-/m1/s1. The van der Waals surface area contributed by atoms with Gasteiger partial charge in [-0.3, -0.25) is 4.79 Å². The first-order valence-corrected chi connectivity index (χ1v) is 11.2. The summed E-state index contributed by atoms with van der Waals surface area (Å²) in [5.41, 5.74) is 1.78. The Labute approximate surface area is 170 Å². The highest BCUT2D eigenvalue weighted by atomic mass is 32.2. The number of aromatic nitrogens is 3. The summed E-state index contributed by atoms with van der Waals surface area (Å²) in [6.45, 7) is 0. The Kier molecular flexibility index (Phi) is 4.04. The number of fused-ring (bicyclic) bond motifs is 3. The number of halogens is 2. The molecule has 3 aromatic rings. The molecule has 1 saturated carbocycles. The Morgan fingerprint density at radius 2 is 2.03 bits per heavy atom.